The summed E-state index contributed by atoms with van der Waals surface area (Å²) in [6, 6.07) is 64.5. The Morgan fingerprint density at radius 3 is 1.94 bits per heavy atom. The molecule has 14 rings (SSSR count). The van der Waals surface area contributed by atoms with Crippen molar-refractivity contribution in [1.82, 2.24) is 4.57 Å². The second-order valence-electron chi connectivity index (χ2n) is 22.8. The second kappa shape index (κ2) is 15.0. The highest BCUT2D eigenvalue weighted by Gasteiger charge is 2.38. The fourth-order valence-corrected chi connectivity index (χ4v) is 12.2. The van der Waals surface area contributed by atoms with Gasteiger partial charge in [0.2, 0.25) is 0 Å². The maximum absolute atomic E-state index is 7.36. The van der Waals surface area contributed by atoms with Gasteiger partial charge in [0.05, 0.1) is 5.52 Å². The molecule has 0 atom stereocenters. The molecule has 0 amide bonds. The van der Waals surface area contributed by atoms with Gasteiger partial charge in [0, 0.05) is 77.2 Å². The molecule has 0 fully saturated rings. The molecule has 0 bridgehead atoms. The van der Waals surface area contributed by atoms with Crippen LogP contribution in [0, 0.1) is 0 Å². The molecule has 1 radical (unpaired) electrons. The van der Waals surface area contributed by atoms with E-state index < -0.39 is 0 Å². The zero-order chi connectivity index (χ0) is 49.0. The first-order chi connectivity index (χ1) is 34.7. The third-order valence-electron chi connectivity index (χ3n) is 15.9. The maximum atomic E-state index is 7.36. The van der Waals surface area contributed by atoms with Crippen LogP contribution in [-0.2, 0) is 16.2 Å². The van der Waals surface area contributed by atoms with E-state index in [9.17, 15) is 0 Å². The van der Waals surface area contributed by atoms with Gasteiger partial charge in [0.15, 0.2) is 7.28 Å². The maximum Gasteiger partial charge on any atom is 0.198 e. The van der Waals surface area contributed by atoms with Crippen molar-refractivity contribution in [2.45, 2.75) is 71.6 Å². The number of furan rings is 2. The molecule has 0 saturated heterocycles. The Hall–Kier alpha value is -8.02. The van der Waals surface area contributed by atoms with Crippen LogP contribution in [0.25, 0.3) is 105 Å². The molecule has 1 N–H and O–H groups in total. The molecule has 0 spiro atoms. The van der Waals surface area contributed by atoms with Crippen LogP contribution >= 0.6 is 0 Å². The molecule has 2 aliphatic rings. The largest absolute Gasteiger partial charge is 0.455 e. The van der Waals surface area contributed by atoms with E-state index >= 15 is 0 Å². The minimum atomic E-state index is -0.211. The minimum absolute atomic E-state index is 0.0315. The standard InChI is InChI=1S/C67H54BN2O2/c1-65(2,3)40-27-30-42(31-28-40)69-52-36-50-45(43-23-15-17-25-49(43)67(50,7)8)34-46(52)60-61-62-58(59-44-24-16-18-26-55(44)71-64(59)60)47-33-41(66(4,5)6)29-32-53(47)70(62)54-35-48-56(37-51(54)68-61)72-63(39-21-13-10-14-22-39)57(48)38-19-11-9-12-20-38/h9-37,69H,1-8H3. The molecule has 4 nitrogen and oxygen atoms in total. The van der Waals surface area contributed by atoms with Gasteiger partial charge < -0.3 is 18.7 Å². The summed E-state index contributed by atoms with van der Waals surface area (Å²) in [5, 5.41) is 9.77. The summed E-state index contributed by atoms with van der Waals surface area (Å²) >= 11 is 0. The lowest BCUT2D eigenvalue weighted by Gasteiger charge is -2.26. The lowest BCUT2D eigenvalue weighted by Crippen LogP contribution is -2.37. The van der Waals surface area contributed by atoms with Gasteiger partial charge in [-0.15, -0.1) is 0 Å². The topological polar surface area (TPSA) is 43.2 Å². The van der Waals surface area contributed by atoms with Crippen LogP contribution in [-0.4, -0.2) is 11.8 Å². The first-order valence-electron chi connectivity index (χ1n) is 25.4. The molecular weight excluding hydrogens is 876 g/mol. The van der Waals surface area contributed by atoms with Gasteiger partial charge in [-0.05, 0) is 110 Å². The monoisotopic (exact) mass is 929 g/mol. The van der Waals surface area contributed by atoms with E-state index in [-0.39, 0.29) is 16.2 Å². The van der Waals surface area contributed by atoms with E-state index in [1.807, 2.05) is 0 Å². The van der Waals surface area contributed by atoms with Crippen molar-refractivity contribution in [3.8, 4) is 50.4 Å². The molecule has 1 aliphatic heterocycles. The summed E-state index contributed by atoms with van der Waals surface area (Å²) in [5.74, 6) is 0.867. The Labute approximate surface area is 421 Å². The predicted octanol–water partition coefficient (Wildman–Crippen LogP) is 17.0. The number of rotatable bonds is 5. The summed E-state index contributed by atoms with van der Waals surface area (Å²) < 4.78 is 17.0. The van der Waals surface area contributed by atoms with Crippen LogP contribution in [0.1, 0.15) is 77.6 Å². The quantitative estimate of drug-likeness (QED) is 0.175. The van der Waals surface area contributed by atoms with Crippen molar-refractivity contribution >= 4 is 84.3 Å². The molecule has 3 aromatic heterocycles. The van der Waals surface area contributed by atoms with E-state index in [1.165, 1.54) is 49.7 Å². The molecule has 5 heteroatoms. The van der Waals surface area contributed by atoms with Crippen LogP contribution in [0.4, 0.5) is 11.4 Å². The van der Waals surface area contributed by atoms with E-state index in [2.05, 4.69) is 248 Å². The summed E-state index contributed by atoms with van der Waals surface area (Å²) in [4.78, 5) is 0. The lowest BCUT2D eigenvalue weighted by molar-refractivity contribution is 0.590. The second-order valence-corrected chi connectivity index (χ2v) is 22.8. The fraction of sp³-hybridized carbons (Fsp3) is 0.164. The van der Waals surface area contributed by atoms with Crippen LogP contribution in [0.2, 0.25) is 0 Å². The summed E-state index contributed by atoms with van der Waals surface area (Å²) in [6.07, 6.45) is 0. The van der Waals surface area contributed by atoms with Gasteiger partial charge in [0.1, 0.15) is 22.5 Å². The number of aromatic nitrogens is 1. The van der Waals surface area contributed by atoms with Crippen LogP contribution in [0.3, 0.4) is 0 Å². The van der Waals surface area contributed by atoms with Crippen molar-refractivity contribution in [1.29, 1.82) is 0 Å². The van der Waals surface area contributed by atoms with Crippen molar-refractivity contribution in [2.75, 3.05) is 5.32 Å². The van der Waals surface area contributed by atoms with Gasteiger partial charge in [0.25, 0.3) is 0 Å². The summed E-state index contributed by atoms with van der Waals surface area (Å²) in [5.41, 5.74) is 23.2. The van der Waals surface area contributed by atoms with Gasteiger partial charge in [-0.2, -0.15) is 0 Å². The predicted molar refractivity (Wildman–Crippen MR) is 304 cm³/mol. The van der Waals surface area contributed by atoms with Crippen molar-refractivity contribution in [3.05, 3.63) is 198 Å². The van der Waals surface area contributed by atoms with Gasteiger partial charge >= 0.3 is 0 Å². The zero-order valence-corrected chi connectivity index (χ0v) is 42.1. The Balaban J connectivity index is 1.14. The summed E-state index contributed by atoms with van der Waals surface area (Å²) in [7, 11) is 2.42. The first-order valence-corrected chi connectivity index (χ1v) is 25.4. The smallest absolute Gasteiger partial charge is 0.198 e. The molecular formula is C67H54BN2O2. The Kier molecular flexibility index (Phi) is 8.93. The van der Waals surface area contributed by atoms with Gasteiger partial charge in [-0.3, -0.25) is 0 Å². The normalized spacial score (nSPS) is 13.8. The van der Waals surface area contributed by atoms with Crippen LogP contribution in [0.15, 0.2) is 185 Å². The highest BCUT2D eigenvalue weighted by molar-refractivity contribution is 6.74. The van der Waals surface area contributed by atoms with Crippen molar-refractivity contribution < 1.29 is 8.83 Å². The number of hydrogen-bond donors (Lipinski definition) is 1. The highest BCUT2D eigenvalue weighted by Crippen LogP contribution is 2.54. The van der Waals surface area contributed by atoms with E-state index in [0.29, 0.717) is 0 Å². The number of fused-ring (bicyclic) bond motifs is 13. The number of nitrogens with one attached hydrogen (secondary N) is 1. The zero-order valence-electron chi connectivity index (χ0n) is 42.1. The number of para-hydroxylation sites is 1. The fourth-order valence-electron chi connectivity index (χ4n) is 12.2. The molecule has 0 unspecified atom stereocenters. The summed E-state index contributed by atoms with van der Waals surface area (Å²) in [6.45, 7) is 18.5. The highest BCUT2D eigenvalue weighted by atomic mass is 16.3. The third kappa shape index (κ3) is 6.19. The molecule has 9 aromatic carbocycles. The molecule has 1 aliphatic carbocycles. The van der Waals surface area contributed by atoms with Crippen LogP contribution < -0.4 is 16.2 Å². The lowest BCUT2D eigenvalue weighted by atomic mass is 9.58. The van der Waals surface area contributed by atoms with Gasteiger partial charge in [-0.1, -0.05) is 182 Å². The first kappa shape index (κ1) is 42.8. The van der Waals surface area contributed by atoms with E-state index in [0.717, 1.165) is 100.0 Å². The Morgan fingerprint density at radius 1 is 0.514 bits per heavy atom. The van der Waals surface area contributed by atoms with E-state index in [4.69, 9.17) is 8.83 Å². The molecule has 0 saturated carbocycles. The average molecular weight is 930 g/mol. The molecule has 4 heterocycles. The SMILES string of the molecule is CC(C)(C)c1ccc(Nc2cc3c(cc2-c2c4c5c(c6cc(C(C)(C)C)ccc6n5-c5cc6c(-c7ccccc7)c(-c7ccccc7)oc6cc5[B]4)c4c2oc2ccccc24)-c2ccccc2C3(C)C)cc1. The third-order valence-corrected chi connectivity index (χ3v) is 15.9. The number of nitrogens with zero attached hydrogens (tertiary/aromatic N) is 1. The molecule has 72 heavy (non-hydrogen) atoms. The van der Waals surface area contributed by atoms with Gasteiger partial charge in [-0.25, -0.2) is 0 Å². The number of benzene rings is 9. The van der Waals surface area contributed by atoms with Crippen molar-refractivity contribution in [2.24, 2.45) is 0 Å². The minimum Gasteiger partial charge on any atom is -0.455 e. The molecule has 347 valence electrons. The average Bonchev–Trinajstić information content (AvgIpc) is 4.11. The number of anilines is 2. The van der Waals surface area contributed by atoms with E-state index in [1.54, 1.807) is 0 Å². The van der Waals surface area contributed by atoms with Crippen molar-refractivity contribution in [3.63, 3.8) is 0 Å². The van der Waals surface area contributed by atoms with Crippen LogP contribution in [0.5, 0.6) is 0 Å². The Morgan fingerprint density at radius 2 is 1.19 bits per heavy atom. The molecule has 12 aromatic rings. The number of hydrogen-bond acceptors (Lipinski definition) is 3. The Bertz CT molecular complexity index is 4230.